The third-order valence-electron chi connectivity index (χ3n) is 2.71. The first-order valence-electron chi connectivity index (χ1n) is 6.51. The van der Waals surface area contributed by atoms with Gasteiger partial charge in [0.1, 0.15) is 5.52 Å². The van der Waals surface area contributed by atoms with Crippen LogP contribution in [0.25, 0.3) is 11.1 Å². The van der Waals surface area contributed by atoms with E-state index in [0.29, 0.717) is 5.25 Å². The van der Waals surface area contributed by atoms with Gasteiger partial charge in [0, 0.05) is 25.5 Å². The number of ether oxygens (including phenoxy) is 1. The normalized spacial score (nSPS) is 12.9. The van der Waals surface area contributed by atoms with Gasteiger partial charge in [0.15, 0.2) is 5.58 Å². The zero-order valence-corrected chi connectivity index (χ0v) is 12.2. The molecule has 0 aliphatic carbocycles. The van der Waals surface area contributed by atoms with Crippen LogP contribution >= 0.6 is 11.8 Å². The molecule has 4 nitrogen and oxygen atoms in total. The maximum atomic E-state index is 5.69. The van der Waals surface area contributed by atoms with Crippen LogP contribution in [0.5, 0.6) is 0 Å². The molecule has 1 atom stereocenters. The van der Waals surface area contributed by atoms with E-state index in [4.69, 9.17) is 9.15 Å². The monoisotopic (exact) mass is 280 g/mol. The SMILES string of the molecule is COCCCNCC(C)Sc1nc2ccccc2o1. The van der Waals surface area contributed by atoms with Crippen LogP contribution in [-0.4, -0.2) is 37.0 Å². The smallest absolute Gasteiger partial charge is 0.257 e. The number of fused-ring (bicyclic) bond motifs is 1. The van der Waals surface area contributed by atoms with Gasteiger partial charge in [-0.3, -0.25) is 0 Å². The lowest BCUT2D eigenvalue weighted by molar-refractivity contribution is 0.194. The van der Waals surface area contributed by atoms with Gasteiger partial charge in [-0.2, -0.15) is 0 Å². The molecule has 1 N–H and O–H groups in total. The number of nitrogens with zero attached hydrogens (tertiary/aromatic N) is 1. The molecule has 0 saturated heterocycles. The van der Waals surface area contributed by atoms with Crippen molar-refractivity contribution in [2.24, 2.45) is 0 Å². The summed E-state index contributed by atoms with van der Waals surface area (Å²) in [6.45, 7) is 4.89. The van der Waals surface area contributed by atoms with E-state index < -0.39 is 0 Å². The minimum atomic E-state index is 0.426. The van der Waals surface area contributed by atoms with Crippen molar-refractivity contribution in [3.63, 3.8) is 0 Å². The van der Waals surface area contributed by atoms with E-state index in [1.54, 1.807) is 18.9 Å². The highest BCUT2D eigenvalue weighted by molar-refractivity contribution is 7.99. The highest BCUT2D eigenvalue weighted by atomic mass is 32.2. The molecular formula is C14H20N2O2S. The molecule has 1 unspecified atom stereocenters. The number of benzene rings is 1. The Morgan fingerprint density at radius 3 is 3.05 bits per heavy atom. The van der Waals surface area contributed by atoms with Gasteiger partial charge >= 0.3 is 0 Å². The predicted molar refractivity (Wildman–Crippen MR) is 78.7 cm³/mol. The van der Waals surface area contributed by atoms with Gasteiger partial charge in [-0.05, 0) is 25.1 Å². The number of oxazole rings is 1. The molecule has 2 rings (SSSR count). The molecule has 19 heavy (non-hydrogen) atoms. The molecular weight excluding hydrogens is 260 g/mol. The van der Waals surface area contributed by atoms with E-state index in [1.807, 2.05) is 24.3 Å². The standard InChI is InChI=1S/C14H20N2O2S/c1-11(10-15-8-5-9-17-2)19-14-16-12-6-3-4-7-13(12)18-14/h3-4,6-7,11,15H,5,8-10H2,1-2H3. The Balaban J connectivity index is 1.76. The Morgan fingerprint density at radius 2 is 2.26 bits per heavy atom. The second-order valence-electron chi connectivity index (χ2n) is 4.43. The van der Waals surface area contributed by atoms with Crippen LogP contribution in [-0.2, 0) is 4.74 Å². The molecule has 104 valence electrons. The topological polar surface area (TPSA) is 47.3 Å². The van der Waals surface area contributed by atoms with E-state index in [9.17, 15) is 0 Å². The molecule has 1 aromatic carbocycles. The highest BCUT2D eigenvalue weighted by Crippen LogP contribution is 2.26. The molecule has 0 spiro atoms. The number of aromatic nitrogens is 1. The van der Waals surface area contributed by atoms with Gasteiger partial charge in [0.2, 0.25) is 0 Å². The third-order valence-corrected chi connectivity index (χ3v) is 3.66. The number of para-hydroxylation sites is 2. The summed E-state index contributed by atoms with van der Waals surface area (Å²) >= 11 is 1.66. The molecule has 2 aromatic rings. The largest absolute Gasteiger partial charge is 0.431 e. The van der Waals surface area contributed by atoms with Crippen molar-refractivity contribution < 1.29 is 9.15 Å². The highest BCUT2D eigenvalue weighted by Gasteiger charge is 2.10. The summed E-state index contributed by atoms with van der Waals surface area (Å²) < 4.78 is 10.7. The second-order valence-corrected chi connectivity index (χ2v) is 5.82. The van der Waals surface area contributed by atoms with Crippen LogP contribution in [0, 0.1) is 0 Å². The molecule has 0 bridgehead atoms. The maximum Gasteiger partial charge on any atom is 0.257 e. The minimum absolute atomic E-state index is 0.426. The minimum Gasteiger partial charge on any atom is -0.431 e. The Kier molecular flexibility index (Phi) is 5.69. The molecule has 0 fully saturated rings. The maximum absolute atomic E-state index is 5.69. The number of hydrogen-bond acceptors (Lipinski definition) is 5. The zero-order chi connectivity index (χ0) is 13.5. The fraction of sp³-hybridized carbons (Fsp3) is 0.500. The van der Waals surface area contributed by atoms with Gasteiger partial charge in [0.25, 0.3) is 5.22 Å². The average Bonchev–Trinajstić information content (AvgIpc) is 2.80. The van der Waals surface area contributed by atoms with E-state index in [2.05, 4.69) is 17.2 Å². The molecule has 5 heteroatoms. The third kappa shape index (κ3) is 4.53. The van der Waals surface area contributed by atoms with Crippen molar-refractivity contribution in [3.8, 4) is 0 Å². The first-order valence-corrected chi connectivity index (χ1v) is 7.39. The van der Waals surface area contributed by atoms with E-state index in [0.717, 1.165) is 42.4 Å². The van der Waals surface area contributed by atoms with Crippen molar-refractivity contribution >= 4 is 22.9 Å². The number of nitrogens with one attached hydrogen (secondary N) is 1. The summed E-state index contributed by atoms with van der Waals surface area (Å²) in [6.07, 6.45) is 1.04. The number of thioether (sulfide) groups is 1. The molecule has 0 radical (unpaired) electrons. The second kappa shape index (κ2) is 7.53. The Hall–Kier alpha value is -1.04. The Morgan fingerprint density at radius 1 is 1.42 bits per heavy atom. The predicted octanol–water partition coefficient (Wildman–Crippen LogP) is 2.93. The van der Waals surface area contributed by atoms with Crippen molar-refractivity contribution in [3.05, 3.63) is 24.3 Å². The van der Waals surface area contributed by atoms with Crippen LogP contribution in [0.4, 0.5) is 0 Å². The lowest BCUT2D eigenvalue weighted by Crippen LogP contribution is -2.24. The van der Waals surface area contributed by atoms with E-state index in [1.165, 1.54) is 0 Å². The van der Waals surface area contributed by atoms with Crippen molar-refractivity contribution in [2.45, 2.75) is 23.8 Å². The van der Waals surface area contributed by atoms with Gasteiger partial charge in [-0.15, -0.1) is 0 Å². The van der Waals surface area contributed by atoms with Crippen LogP contribution in [0.3, 0.4) is 0 Å². The summed E-state index contributed by atoms with van der Waals surface area (Å²) in [5, 5.41) is 4.57. The summed E-state index contributed by atoms with van der Waals surface area (Å²) in [5.41, 5.74) is 1.77. The summed E-state index contributed by atoms with van der Waals surface area (Å²) in [6, 6.07) is 7.85. The lowest BCUT2D eigenvalue weighted by Gasteiger charge is -2.09. The molecule has 0 saturated carbocycles. The van der Waals surface area contributed by atoms with Crippen LogP contribution in [0.15, 0.2) is 33.9 Å². The fourth-order valence-corrected chi connectivity index (χ4v) is 2.60. The lowest BCUT2D eigenvalue weighted by atomic mass is 10.3. The van der Waals surface area contributed by atoms with Gasteiger partial charge < -0.3 is 14.5 Å². The van der Waals surface area contributed by atoms with Gasteiger partial charge in [-0.1, -0.05) is 30.8 Å². The number of rotatable bonds is 8. The molecule has 1 heterocycles. The van der Waals surface area contributed by atoms with Gasteiger partial charge in [0.05, 0.1) is 0 Å². The van der Waals surface area contributed by atoms with Crippen molar-refractivity contribution in [1.29, 1.82) is 0 Å². The fourth-order valence-electron chi connectivity index (χ4n) is 1.76. The molecule has 1 aromatic heterocycles. The molecule has 0 amide bonds. The van der Waals surface area contributed by atoms with Crippen LogP contribution in [0.1, 0.15) is 13.3 Å². The first kappa shape index (κ1) is 14.4. The summed E-state index contributed by atoms with van der Waals surface area (Å²) in [4.78, 5) is 4.46. The average molecular weight is 280 g/mol. The van der Waals surface area contributed by atoms with Crippen LogP contribution < -0.4 is 5.32 Å². The van der Waals surface area contributed by atoms with Crippen LogP contribution in [0.2, 0.25) is 0 Å². The van der Waals surface area contributed by atoms with Crippen molar-refractivity contribution in [1.82, 2.24) is 10.3 Å². The number of methoxy groups -OCH3 is 1. The quantitative estimate of drug-likeness (QED) is 0.595. The van der Waals surface area contributed by atoms with Crippen molar-refractivity contribution in [2.75, 3.05) is 26.8 Å². The van der Waals surface area contributed by atoms with E-state index in [-0.39, 0.29) is 0 Å². The Labute approximate surface area is 117 Å². The zero-order valence-electron chi connectivity index (χ0n) is 11.4. The van der Waals surface area contributed by atoms with Gasteiger partial charge in [-0.25, -0.2) is 4.98 Å². The Bertz CT molecular complexity index is 468. The number of hydrogen-bond donors (Lipinski definition) is 1. The molecule has 0 aliphatic rings. The first-order chi connectivity index (χ1) is 9.29. The molecule has 0 aliphatic heterocycles. The van der Waals surface area contributed by atoms with E-state index >= 15 is 0 Å². The summed E-state index contributed by atoms with van der Waals surface area (Å²) in [7, 11) is 1.73. The summed E-state index contributed by atoms with van der Waals surface area (Å²) in [5.74, 6) is 0.